The molecule has 2 N–H and O–H groups in total. The fraction of sp³-hybridized carbons (Fsp3) is 0.500. The summed E-state index contributed by atoms with van der Waals surface area (Å²) in [4.78, 5) is 7.88. The molecule has 2 heterocycles. The van der Waals surface area contributed by atoms with Gasteiger partial charge in [-0.3, -0.25) is 0 Å². The van der Waals surface area contributed by atoms with Crippen LogP contribution in [0.15, 0.2) is 12.4 Å². The lowest BCUT2D eigenvalue weighted by atomic mass is 10.2. The maximum atomic E-state index is 5.72. The molecule has 0 spiro atoms. The largest absolute Gasteiger partial charge is 0.366 e. The quantitative estimate of drug-likeness (QED) is 0.759. The summed E-state index contributed by atoms with van der Waals surface area (Å²) in [6.07, 6.45) is 2.59. The molecule has 0 amide bonds. The van der Waals surface area contributed by atoms with Crippen molar-refractivity contribution in [2.24, 2.45) is 0 Å². The van der Waals surface area contributed by atoms with Gasteiger partial charge in [-0.05, 0) is 13.0 Å². The van der Waals surface area contributed by atoms with Crippen molar-refractivity contribution in [2.75, 3.05) is 18.4 Å². The van der Waals surface area contributed by atoms with E-state index < -0.39 is 0 Å². The predicted octanol–water partition coefficient (Wildman–Crippen LogP) is 1.33. The van der Waals surface area contributed by atoms with Gasteiger partial charge in [-0.25, -0.2) is 9.97 Å². The maximum Gasteiger partial charge on any atom is 0.134 e. The highest BCUT2D eigenvalue weighted by atomic mass is 35.5. The number of rotatable bonds is 2. The highest BCUT2D eigenvalue weighted by molar-refractivity contribution is 6.29. The molecule has 1 fully saturated rings. The van der Waals surface area contributed by atoms with Crippen LogP contribution < -0.4 is 10.6 Å². The predicted molar refractivity (Wildman–Crippen MR) is 59.2 cm³/mol. The molecule has 14 heavy (non-hydrogen) atoms. The monoisotopic (exact) mass is 234 g/mol. The van der Waals surface area contributed by atoms with E-state index in [2.05, 4.69) is 20.6 Å². The van der Waals surface area contributed by atoms with Crippen LogP contribution in [0.1, 0.15) is 6.42 Å². The Kier molecular flexibility index (Phi) is 4.38. The van der Waals surface area contributed by atoms with Crippen LogP contribution in [0.25, 0.3) is 0 Å². The molecule has 78 valence electrons. The van der Waals surface area contributed by atoms with Crippen LogP contribution in [-0.2, 0) is 0 Å². The highest BCUT2D eigenvalue weighted by Crippen LogP contribution is 2.11. The van der Waals surface area contributed by atoms with Crippen LogP contribution in [0.2, 0.25) is 5.15 Å². The maximum absolute atomic E-state index is 5.72. The fourth-order valence-corrected chi connectivity index (χ4v) is 1.55. The van der Waals surface area contributed by atoms with Crippen molar-refractivity contribution < 1.29 is 0 Å². The molecule has 0 bridgehead atoms. The van der Waals surface area contributed by atoms with Crippen LogP contribution in [-0.4, -0.2) is 29.1 Å². The van der Waals surface area contributed by atoms with E-state index in [-0.39, 0.29) is 12.4 Å². The van der Waals surface area contributed by atoms with Crippen LogP contribution in [0, 0.1) is 0 Å². The minimum absolute atomic E-state index is 0. The van der Waals surface area contributed by atoms with E-state index in [1.165, 1.54) is 6.33 Å². The van der Waals surface area contributed by atoms with Crippen molar-refractivity contribution in [3.63, 3.8) is 0 Å². The average Bonchev–Trinajstić information content (AvgIpc) is 2.57. The van der Waals surface area contributed by atoms with Crippen molar-refractivity contribution in [1.82, 2.24) is 15.3 Å². The minimum atomic E-state index is 0. The van der Waals surface area contributed by atoms with E-state index in [4.69, 9.17) is 11.6 Å². The Morgan fingerprint density at radius 2 is 2.36 bits per heavy atom. The number of nitrogens with one attached hydrogen (secondary N) is 2. The van der Waals surface area contributed by atoms with Crippen LogP contribution in [0.4, 0.5) is 5.82 Å². The summed E-state index contributed by atoms with van der Waals surface area (Å²) >= 11 is 5.72. The first-order chi connectivity index (χ1) is 6.34. The standard InChI is InChI=1S/C8H11ClN4.ClH/c9-7-3-8(12-5-11-7)13-6-1-2-10-4-6;/h3,5-6,10H,1-2,4H2,(H,11,12,13);1H/t6-;/m0./s1. The lowest BCUT2D eigenvalue weighted by molar-refractivity contribution is 0.787. The third-order valence-corrected chi connectivity index (χ3v) is 2.25. The van der Waals surface area contributed by atoms with E-state index in [9.17, 15) is 0 Å². The normalized spacial score (nSPS) is 20.2. The number of hydrogen-bond acceptors (Lipinski definition) is 4. The minimum Gasteiger partial charge on any atom is -0.366 e. The zero-order valence-corrected chi connectivity index (χ0v) is 9.11. The summed E-state index contributed by atoms with van der Waals surface area (Å²) in [6, 6.07) is 2.20. The van der Waals surface area contributed by atoms with E-state index in [1.54, 1.807) is 6.07 Å². The van der Waals surface area contributed by atoms with Gasteiger partial charge in [0.15, 0.2) is 0 Å². The molecular weight excluding hydrogens is 223 g/mol. The Hall–Kier alpha value is -0.580. The highest BCUT2D eigenvalue weighted by Gasteiger charge is 2.14. The van der Waals surface area contributed by atoms with Crippen LogP contribution >= 0.6 is 24.0 Å². The Morgan fingerprint density at radius 3 is 3.00 bits per heavy atom. The third kappa shape index (κ3) is 2.97. The summed E-state index contributed by atoms with van der Waals surface area (Å²) in [5.41, 5.74) is 0. The molecule has 1 atom stereocenters. The van der Waals surface area contributed by atoms with Gasteiger partial charge in [0.1, 0.15) is 17.3 Å². The molecule has 6 heteroatoms. The number of aromatic nitrogens is 2. The van der Waals surface area contributed by atoms with Gasteiger partial charge in [0.05, 0.1) is 0 Å². The number of nitrogens with zero attached hydrogens (tertiary/aromatic N) is 2. The van der Waals surface area contributed by atoms with Gasteiger partial charge in [-0.2, -0.15) is 0 Å². The van der Waals surface area contributed by atoms with Crippen LogP contribution in [0.5, 0.6) is 0 Å². The van der Waals surface area contributed by atoms with Gasteiger partial charge in [-0.1, -0.05) is 11.6 Å². The van der Waals surface area contributed by atoms with Gasteiger partial charge >= 0.3 is 0 Å². The summed E-state index contributed by atoms with van der Waals surface area (Å²) in [7, 11) is 0. The van der Waals surface area contributed by atoms with Crippen molar-refractivity contribution in [2.45, 2.75) is 12.5 Å². The van der Waals surface area contributed by atoms with Crippen molar-refractivity contribution >= 4 is 29.8 Å². The van der Waals surface area contributed by atoms with E-state index >= 15 is 0 Å². The molecule has 1 aliphatic rings. The molecular formula is C8H12Cl2N4. The zero-order valence-electron chi connectivity index (χ0n) is 7.53. The summed E-state index contributed by atoms with van der Waals surface area (Å²) in [6.45, 7) is 2.05. The van der Waals surface area contributed by atoms with E-state index in [0.717, 1.165) is 25.3 Å². The second-order valence-corrected chi connectivity index (χ2v) is 3.45. The Balaban J connectivity index is 0.000000980. The topological polar surface area (TPSA) is 49.8 Å². The van der Waals surface area contributed by atoms with Crippen LogP contribution in [0.3, 0.4) is 0 Å². The lowest BCUT2D eigenvalue weighted by Gasteiger charge is -2.10. The molecule has 1 aromatic heterocycles. The molecule has 0 saturated carbocycles. The lowest BCUT2D eigenvalue weighted by Crippen LogP contribution is -2.22. The summed E-state index contributed by atoms with van der Waals surface area (Å²) in [5, 5.41) is 7.03. The van der Waals surface area contributed by atoms with Gasteiger partial charge in [0, 0.05) is 18.7 Å². The number of anilines is 1. The third-order valence-electron chi connectivity index (χ3n) is 2.05. The number of hydrogen-bond donors (Lipinski definition) is 2. The Bertz CT molecular complexity index is 288. The molecule has 0 aromatic carbocycles. The summed E-state index contributed by atoms with van der Waals surface area (Å²) in [5.74, 6) is 0.800. The Morgan fingerprint density at radius 1 is 1.50 bits per heavy atom. The van der Waals surface area contributed by atoms with Gasteiger partial charge in [-0.15, -0.1) is 12.4 Å². The van der Waals surface area contributed by atoms with E-state index in [1.807, 2.05) is 0 Å². The molecule has 0 radical (unpaired) electrons. The first-order valence-electron chi connectivity index (χ1n) is 4.29. The van der Waals surface area contributed by atoms with Crippen molar-refractivity contribution in [3.05, 3.63) is 17.5 Å². The summed E-state index contributed by atoms with van der Waals surface area (Å²) < 4.78 is 0. The average molecular weight is 235 g/mol. The molecule has 4 nitrogen and oxygen atoms in total. The SMILES string of the molecule is Cl.Clc1cc(N[C@H]2CCNC2)ncn1. The first-order valence-corrected chi connectivity index (χ1v) is 4.67. The van der Waals surface area contributed by atoms with Gasteiger partial charge < -0.3 is 10.6 Å². The first kappa shape index (κ1) is 11.5. The van der Waals surface area contributed by atoms with E-state index in [0.29, 0.717) is 11.2 Å². The molecule has 1 saturated heterocycles. The molecule has 1 aromatic rings. The van der Waals surface area contributed by atoms with Crippen molar-refractivity contribution in [1.29, 1.82) is 0 Å². The second-order valence-electron chi connectivity index (χ2n) is 3.06. The molecule has 0 unspecified atom stereocenters. The second kappa shape index (κ2) is 5.34. The zero-order chi connectivity index (χ0) is 9.10. The smallest absolute Gasteiger partial charge is 0.134 e. The molecule has 1 aliphatic heterocycles. The molecule has 0 aliphatic carbocycles. The van der Waals surface area contributed by atoms with Gasteiger partial charge in [0.25, 0.3) is 0 Å². The van der Waals surface area contributed by atoms with Crippen molar-refractivity contribution in [3.8, 4) is 0 Å². The van der Waals surface area contributed by atoms with Gasteiger partial charge in [0.2, 0.25) is 0 Å². The fourth-order valence-electron chi connectivity index (χ4n) is 1.40. The Labute approximate surface area is 93.9 Å². The number of halogens is 2. The molecule has 2 rings (SSSR count).